The van der Waals surface area contributed by atoms with E-state index in [-0.39, 0.29) is 0 Å². The summed E-state index contributed by atoms with van der Waals surface area (Å²) in [5.41, 5.74) is 1.23. The number of hydrogen-bond acceptors (Lipinski definition) is 6. The predicted octanol–water partition coefficient (Wildman–Crippen LogP) is 1.44. The molecule has 29 heavy (non-hydrogen) atoms. The molecule has 1 aromatic carbocycles. The first-order valence-corrected chi connectivity index (χ1v) is 10.1. The van der Waals surface area contributed by atoms with Gasteiger partial charge in [0, 0.05) is 35.7 Å². The van der Waals surface area contributed by atoms with Gasteiger partial charge in [0.25, 0.3) is 0 Å². The lowest BCUT2D eigenvalue weighted by Gasteiger charge is -2.28. The van der Waals surface area contributed by atoms with E-state index in [4.69, 9.17) is 43.6 Å². The fourth-order valence-electron chi connectivity index (χ4n) is 3.13. The zero-order valence-electron chi connectivity index (χ0n) is 15.8. The highest BCUT2D eigenvalue weighted by Gasteiger charge is 2.30. The van der Waals surface area contributed by atoms with Crippen molar-refractivity contribution in [1.82, 2.24) is 10.2 Å². The number of benzene rings is 1. The summed E-state index contributed by atoms with van der Waals surface area (Å²) in [5.74, 6) is -2.62. The van der Waals surface area contributed by atoms with Gasteiger partial charge in [0.1, 0.15) is 0 Å². The molecule has 1 saturated heterocycles. The van der Waals surface area contributed by atoms with Crippen LogP contribution in [0.15, 0.2) is 18.2 Å². The molecular weight excluding hydrogens is 423 g/mol. The van der Waals surface area contributed by atoms with Gasteiger partial charge in [-0.1, -0.05) is 23.2 Å². The second-order valence-corrected chi connectivity index (χ2v) is 8.24. The van der Waals surface area contributed by atoms with E-state index >= 15 is 0 Å². The van der Waals surface area contributed by atoms with E-state index in [1.54, 1.807) is 6.07 Å². The van der Waals surface area contributed by atoms with Crippen LogP contribution in [0, 0.1) is 5.92 Å². The van der Waals surface area contributed by atoms with E-state index in [9.17, 15) is 9.59 Å². The summed E-state index contributed by atoms with van der Waals surface area (Å²) < 4.78 is 0. The Morgan fingerprint density at radius 3 is 2.00 bits per heavy atom. The molecule has 0 aromatic heterocycles. The van der Waals surface area contributed by atoms with Crippen molar-refractivity contribution in [3.05, 3.63) is 33.8 Å². The minimum atomic E-state index is -2.27. The first-order valence-electron chi connectivity index (χ1n) is 9.39. The summed E-state index contributed by atoms with van der Waals surface area (Å²) in [5, 5.41) is 37.5. The van der Waals surface area contributed by atoms with Crippen molar-refractivity contribution in [2.45, 2.75) is 44.1 Å². The molecule has 5 N–H and O–H groups in total. The topological polar surface area (TPSA) is 130 Å². The van der Waals surface area contributed by atoms with E-state index in [2.05, 4.69) is 10.2 Å². The lowest BCUT2D eigenvalue weighted by Crippen LogP contribution is -2.39. The third-order valence-corrected chi connectivity index (χ3v) is 5.29. The maximum absolute atomic E-state index is 9.77. The van der Waals surface area contributed by atoms with E-state index in [1.807, 2.05) is 12.1 Å². The average molecular weight is 449 g/mol. The quantitative estimate of drug-likeness (QED) is 0.403. The Hall–Kier alpha value is -1.42. The zero-order chi connectivity index (χ0) is 21.6. The van der Waals surface area contributed by atoms with Crippen LogP contribution in [0.4, 0.5) is 0 Å². The molecule has 0 spiro atoms. The Morgan fingerprint density at radius 1 is 1.03 bits per heavy atom. The second kappa shape index (κ2) is 11.1. The largest absolute Gasteiger partial charge is 0.479 e. The Bertz CT molecular complexity index is 672. The number of aliphatic hydroxyl groups is 2. The zero-order valence-corrected chi connectivity index (χ0v) is 17.3. The van der Waals surface area contributed by atoms with Crippen molar-refractivity contribution in [3.8, 4) is 0 Å². The number of carboxylic acid groups (broad SMARTS) is 2. The van der Waals surface area contributed by atoms with Gasteiger partial charge in [-0.15, -0.1) is 0 Å². The van der Waals surface area contributed by atoms with Gasteiger partial charge in [0.2, 0.25) is 0 Å². The number of aliphatic carboxylic acids is 2. The van der Waals surface area contributed by atoms with Crippen LogP contribution in [0.3, 0.4) is 0 Å². The summed E-state index contributed by atoms with van der Waals surface area (Å²) in [6.07, 6.45) is -0.490. The normalized spacial score (nSPS) is 20.7. The molecule has 0 amide bonds. The number of halogens is 2. The van der Waals surface area contributed by atoms with Gasteiger partial charge in [-0.05, 0) is 55.5 Å². The minimum absolute atomic E-state index is 0.665. The number of carboxylic acids is 2. The van der Waals surface area contributed by atoms with Crippen molar-refractivity contribution in [2.75, 3.05) is 19.6 Å². The van der Waals surface area contributed by atoms with Gasteiger partial charge < -0.3 is 25.7 Å². The molecule has 2 aliphatic rings. The SMILES string of the molecule is Clc1cc(Cl)cc(CN(CC2CC2)[C@H]2CCNC2)c1.O=C(O)[C@H](O)[C@@H](O)C(=O)O. The van der Waals surface area contributed by atoms with E-state index < -0.39 is 24.1 Å². The number of hydrogen-bond donors (Lipinski definition) is 5. The predicted molar refractivity (Wildman–Crippen MR) is 108 cm³/mol. The lowest BCUT2D eigenvalue weighted by molar-refractivity contribution is -0.165. The van der Waals surface area contributed by atoms with Gasteiger partial charge >= 0.3 is 11.9 Å². The van der Waals surface area contributed by atoms with Crippen LogP contribution in [-0.4, -0.2) is 75.1 Å². The first kappa shape index (κ1) is 23.9. The highest BCUT2D eigenvalue weighted by molar-refractivity contribution is 6.34. The minimum Gasteiger partial charge on any atom is -0.479 e. The molecule has 162 valence electrons. The molecule has 0 unspecified atom stereocenters. The Labute approximate surface area is 179 Å². The van der Waals surface area contributed by atoms with Crippen molar-refractivity contribution in [3.63, 3.8) is 0 Å². The molecule has 0 radical (unpaired) electrons. The fourth-order valence-corrected chi connectivity index (χ4v) is 3.70. The molecule has 1 aromatic rings. The smallest absolute Gasteiger partial charge is 0.335 e. The Balaban J connectivity index is 0.000000257. The molecule has 1 aliphatic carbocycles. The fraction of sp³-hybridized carbons (Fsp3) is 0.579. The Morgan fingerprint density at radius 2 is 1.59 bits per heavy atom. The van der Waals surface area contributed by atoms with Gasteiger partial charge in [0.15, 0.2) is 12.2 Å². The van der Waals surface area contributed by atoms with Crippen LogP contribution < -0.4 is 5.32 Å². The molecule has 3 atom stereocenters. The third-order valence-electron chi connectivity index (χ3n) is 4.85. The van der Waals surface area contributed by atoms with Gasteiger partial charge in [0.05, 0.1) is 0 Å². The maximum Gasteiger partial charge on any atom is 0.335 e. The monoisotopic (exact) mass is 448 g/mol. The molecule has 2 fully saturated rings. The van der Waals surface area contributed by atoms with E-state index in [0.29, 0.717) is 6.04 Å². The molecule has 0 bridgehead atoms. The van der Waals surface area contributed by atoms with Crippen molar-refractivity contribution < 1.29 is 30.0 Å². The number of carbonyl (C=O) groups is 2. The van der Waals surface area contributed by atoms with Crippen LogP contribution in [-0.2, 0) is 16.1 Å². The van der Waals surface area contributed by atoms with Gasteiger partial charge in [-0.2, -0.15) is 0 Å². The average Bonchev–Trinajstić information content (AvgIpc) is 3.28. The molecule has 10 heteroatoms. The van der Waals surface area contributed by atoms with Crippen molar-refractivity contribution in [2.24, 2.45) is 5.92 Å². The van der Waals surface area contributed by atoms with Crippen LogP contribution in [0.25, 0.3) is 0 Å². The summed E-state index contributed by atoms with van der Waals surface area (Å²) in [6.45, 7) is 4.43. The number of nitrogens with zero attached hydrogens (tertiary/aromatic N) is 1. The summed E-state index contributed by atoms with van der Waals surface area (Å²) in [6, 6.07) is 6.54. The Kier molecular flexibility index (Phi) is 9.13. The molecule has 1 heterocycles. The lowest BCUT2D eigenvalue weighted by atomic mass is 10.1. The number of aliphatic hydroxyl groups excluding tert-OH is 2. The second-order valence-electron chi connectivity index (χ2n) is 7.36. The molecule has 1 aliphatic heterocycles. The van der Waals surface area contributed by atoms with E-state index in [1.165, 1.54) is 31.4 Å². The number of rotatable bonds is 8. The van der Waals surface area contributed by atoms with Gasteiger partial charge in [-0.3, -0.25) is 4.90 Å². The van der Waals surface area contributed by atoms with Crippen molar-refractivity contribution in [1.29, 1.82) is 0 Å². The summed E-state index contributed by atoms with van der Waals surface area (Å²) in [4.78, 5) is 22.2. The first-order chi connectivity index (χ1) is 13.7. The standard InChI is InChI=1S/C15H20Cl2N2.C4H6O6/c16-13-5-12(6-14(17)7-13)10-19(9-11-1-2-11)15-3-4-18-8-15;5-1(3(7)8)2(6)4(9)10/h5-7,11,15,18H,1-4,8-10H2;1-2,5-6H,(H,7,8)(H,9,10)/t15-;1-,2-/m01/s1. The van der Waals surface area contributed by atoms with Gasteiger partial charge in [-0.25, -0.2) is 9.59 Å². The van der Waals surface area contributed by atoms with Crippen LogP contribution in [0.1, 0.15) is 24.8 Å². The summed E-state index contributed by atoms with van der Waals surface area (Å²) in [7, 11) is 0. The molecule has 3 rings (SSSR count). The van der Waals surface area contributed by atoms with Crippen LogP contribution in [0.5, 0.6) is 0 Å². The summed E-state index contributed by atoms with van der Waals surface area (Å²) >= 11 is 12.2. The molecular formula is C19H26Cl2N2O6. The van der Waals surface area contributed by atoms with E-state index in [0.717, 1.165) is 35.6 Å². The number of nitrogens with one attached hydrogen (secondary N) is 1. The van der Waals surface area contributed by atoms with Crippen LogP contribution >= 0.6 is 23.2 Å². The molecule has 8 nitrogen and oxygen atoms in total. The van der Waals surface area contributed by atoms with Crippen molar-refractivity contribution >= 4 is 35.1 Å². The molecule has 1 saturated carbocycles. The van der Waals surface area contributed by atoms with Crippen LogP contribution in [0.2, 0.25) is 10.0 Å². The highest BCUT2D eigenvalue weighted by Crippen LogP contribution is 2.32. The third kappa shape index (κ3) is 8.08. The maximum atomic E-state index is 9.77. The highest BCUT2D eigenvalue weighted by atomic mass is 35.5.